The van der Waals surface area contributed by atoms with E-state index in [2.05, 4.69) is 6.92 Å². The minimum atomic E-state index is -0.327. The molecule has 0 amide bonds. The zero-order valence-electron chi connectivity index (χ0n) is 7.44. The molecule has 12 heavy (non-hydrogen) atoms. The third-order valence-electron chi connectivity index (χ3n) is 2.84. The van der Waals surface area contributed by atoms with Crippen molar-refractivity contribution in [3.8, 4) is 0 Å². The van der Waals surface area contributed by atoms with Crippen molar-refractivity contribution in [3.63, 3.8) is 0 Å². The van der Waals surface area contributed by atoms with Crippen LogP contribution in [-0.4, -0.2) is 10.6 Å². The van der Waals surface area contributed by atoms with E-state index in [-0.39, 0.29) is 16.0 Å². The summed E-state index contributed by atoms with van der Waals surface area (Å²) in [6.07, 6.45) is 2.55. The van der Waals surface area contributed by atoms with Crippen LogP contribution in [0.1, 0.15) is 33.1 Å². The highest BCUT2D eigenvalue weighted by Crippen LogP contribution is 2.42. The Labute approximate surface area is 83.4 Å². The molecule has 1 unspecified atom stereocenters. The first-order valence-corrected chi connectivity index (χ1v) is 5.11. The molecule has 0 saturated heterocycles. The highest BCUT2D eigenvalue weighted by molar-refractivity contribution is 6.64. The predicted molar refractivity (Wildman–Crippen MR) is 51.6 cm³/mol. The normalized spacial score (nSPS) is 42.7. The van der Waals surface area contributed by atoms with Crippen LogP contribution in [-0.2, 0) is 4.79 Å². The zero-order chi connectivity index (χ0) is 9.35. The molecule has 3 atom stereocenters. The van der Waals surface area contributed by atoms with Gasteiger partial charge in [-0.2, -0.15) is 0 Å². The smallest absolute Gasteiger partial charge is 0.227 e. The standard InChI is InChI=1S/C9H14Cl2O/c1-6-5-9(2,8(11)12)4-3-7(6)10/h6-7H,3-5H2,1-2H3/t6?,7-,9-/m0/s1. The molecule has 0 aromatic heterocycles. The molecule has 0 aromatic rings. The lowest BCUT2D eigenvalue weighted by atomic mass is 9.72. The highest BCUT2D eigenvalue weighted by atomic mass is 35.5. The van der Waals surface area contributed by atoms with Gasteiger partial charge in [0.25, 0.3) is 0 Å². The molecule has 3 heteroatoms. The molecule has 0 heterocycles. The van der Waals surface area contributed by atoms with Crippen molar-refractivity contribution < 1.29 is 4.79 Å². The molecule has 0 N–H and O–H groups in total. The van der Waals surface area contributed by atoms with E-state index in [1.807, 2.05) is 6.92 Å². The zero-order valence-corrected chi connectivity index (χ0v) is 8.95. The van der Waals surface area contributed by atoms with Gasteiger partial charge in [-0.25, -0.2) is 0 Å². The molecule has 0 spiro atoms. The summed E-state index contributed by atoms with van der Waals surface area (Å²) in [5, 5.41) is 0.00649. The first-order valence-electron chi connectivity index (χ1n) is 4.30. The monoisotopic (exact) mass is 208 g/mol. The van der Waals surface area contributed by atoms with Crippen LogP contribution in [0.4, 0.5) is 0 Å². The van der Waals surface area contributed by atoms with Gasteiger partial charge in [0.1, 0.15) is 0 Å². The Bertz CT molecular complexity index is 193. The molecular formula is C9H14Cl2O. The van der Waals surface area contributed by atoms with Gasteiger partial charge in [-0.15, -0.1) is 11.6 Å². The SMILES string of the molecule is CC1C[C@@](C)(C(=O)Cl)CC[C@@H]1Cl. The van der Waals surface area contributed by atoms with Gasteiger partial charge in [-0.1, -0.05) is 13.8 Å². The maximum absolute atomic E-state index is 11.1. The fourth-order valence-electron chi connectivity index (χ4n) is 1.86. The van der Waals surface area contributed by atoms with E-state index >= 15 is 0 Å². The lowest BCUT2D eigenvalue weighted by Gasteiger charge is -2.36. The summed E-state index contributed by atoms with van der Waals surface area (Å²) in [6, 6.07) is 0. The van der Waals surface area contributed by atoms with E-state index in [1.54, 1.807) is 0 Å². The van der Waals surface area contributed by atoms with E-state index in [9.17, 15) is 4.79 Å². The fourth-order valence-corrected chi connectivity index (χ4v) is 2.23. The average molecular weight is 209 g/mol. The minimum absolute atomic E-state index is 0.210. The van der Waals surface area contributed by atoms with E-state index < -0.39 is 0 Å². The highest BCUT2D eigenvalue weighted by Gasteiger charge is 2.39. The Balaban J connectivity index is 2.66. The van der Waals surface area contributed by atoms with Crippen molar-refractivity contribution in [3.05, 3.63) is 0 Å². The summed E-state index contributed by atoms with van der Waals surface area (Å²) in [5.74, 6) is 0.396. The van der Waals surface area contributed by atoms with E-state index in [0.717, 1.165) is 19.3 Å². The quantitative estimate of drug-likeness (QED) is 0.478. The van der Waals surface area contributed by atoms with Gasteiger partial charge < -0.3 is 0 Å². The molecule has 1 rings (SSSR count). The third-order valence-corrected chi connectivity index (χ3v) is 3.94. The van der Waals surface area contributed by atoms with Gasteiger partial charge in [-0.05, 0) is 36.8 Å². The molecule has 0 bridgehead atoms. The van der Waals surface area contributed by atoms with Crippen LogP contribution >= 0.6 is 23.2 Å². The maximum atomic E-state index is 11.1. The molecular weight excluding hydrogens is 195 g/mol. The van der Waals surface area contributed by atoms with Crippen LogP contribution in [0, 0.1) is 11.3 Å². The van der Waals surface area contributed by atoms with Crippen molar-refractivity contribution in [2.24, 2.45) is 11.3 Å². The number of rotatable bonds is 1. The predicted octanol–water partition coefficient (Wildman–Crippen LogP) is 3.19. The van der Waals surface area contributed by atoms with Crippen LogP contribution in [0.15, 0.2) is 0 Å². The molecule has 1 nitrogen and oxygen atoms in total. The molecule has 1 saturated carbocycles. The minimum Gasteiger partial charge on any atom is -0.281 e. The number of hydrogen-bond donors (Lipinski definition) is 0. The Hall–Kier alpha value is 0.250. The Kier molecular flexibility index (Phi) is 3.06. The van der Waals surface area contributed by atoms with Gasteiger partial charge in [0.15, 0.2) is 0 Å². The van der Waals surface area contributed by atoms with Crippen molar-refractivity contribution in [2.45, 2.75) is 38.5 Å². The van der Waals surface area contributed by atoms with Crippen molar-refractivity contribution in [1.29, 1.82) is 0 Å². The van der Waals surface area contributed by atoms with Crippen LogP contribution in [0.3, 0.4) is 0 Å². The van der Waals surface area contributed by atoms with Crippen molar-refractivity contribution >= 4 is 28.4 Å². The van der Waals surface area contributed by atoms with Gasteiger partial charge >= 0.3 is 0 Å². The third kappa shape index (κ3) is 1.94. The number of halogens is 2. The van der Waals surface area contributed by atoms with E-state index in [0.29, 0.717) is 5.92 Å². The van der Waals surface area contributed by atoms with Crippen LogP contribution in [0.2, 0.25) is 0 Å². The second kappa shape index (κ2) is 3.55. The number of carbonyl (C=O) groups is 1. The second-order valence-corrected chi connectivity index (χ2v) is 4.97. The van der Waals surface area contributed by atoms with Crippen LogP contribution < -0.4 is 0 Å². The summed E-state index contributed by atoms with van der Waals surface area (Å²) in [6.45, 7) is 4.01. The van der Waals surface area contributed by atoms with Gasteiger partial charge in [0, 0.05) is 10.8 Å². The maximum Gasteiger partial charge on any atom is 0.227 e. The molecule has 1 aliphatic rings. The second-order valence-electron chi connectivity index (χ2n) is 4.07. The molecule has 0 aromatic carbocycles. The Morgan fingerprint density at radius 3 is 2.58 bits per heavy atom. The summed E-state index contributed by atoms with van der Waals surface area (Å²) >= 11 is 11.6. The summed E-state index contributed by atoms with van der Waals surface area (Å²) < 4.78 is 0. The lowest BCUT2D eigenvalue weighted by molar-refractivity contribution is -0.121. The number of hydrogen-bond acceptors (Lipinski definition) is 1. The van der Waals surface area contributed by atoms with Gasteiger partial charge in [0.05, 0.1) is 0 Å². The van der Waals surface area contributed by atoms with Gasteiger partial charge in [-0.3, -0.25) is 4.79 Å². The lowest BCUT2D eigenvalue weighted by Crippen LogP contribution is -2.35. The average Bonchev–Trinajstić information content (AvgIpc) is 1.97. The number of alkyl halides is 1. The molecule has 0 radical (unpaired) electrons. The topological polar surface area (TPSA) is 17.1 Å². The fraction of sp³-hybridized carbons (Fsp3) is 0.889. The van der Waals surface area contributed by atoms with Crippen molar-refractivity contribution in [1.82, 2.24) is 0 Å². The molecule has 1 aliphatic carbocycles. The van der Waals surface area contributed by atoms with E-state index in [4.69, 9.17) is 23.2 Å². The summed E-state index contributed by atoms with van der Waals surface area (Å²) in [4.78, 5) is 11.1. The van der Waals surface area contributed by atoms with Crippen LogP contribution in [0.5, 0.6) is 0 Å². The van der Waals surface area contributed by atoms with Crippen LogP contribution in [0.25, 0.3) is 0 Å². The first kappa shape index (κ1) is 10.3. The molecule has 0 aliphatic heterocycles. The summed E-state index contributed by atoms with van der Waals surface area (Å²) in [5.41, 5.74) is -0.327. The van der Waals surface area contributed by atoms with Crippen molar-refractivity contribution in [2.75, 3.05) is 0 Å². The number of carbonyl (C=O) groups excluding carboxylic acids is 1. The summed E-state index contributed by atoms with van der Waals surface area (Å²) in [7, 11) is 0. The molecule has 1 fully saturated rings. The largest absolute Gasteiger partial charge is 0.281 e. The Morgan fingerprint density at radius 2 is 2.17 bits per heavy atom. The first-order chi connectivity index (χ1) is 5.46. The molecule has 70 valence electrons. The Morgan fingerprint density at radius 1 is 1.58 bits per heavy atom. The van der Waals surface area contributed by atoms with Gasteiger partial charge in [0.2, 0.25) is 5.24 Å². The van der Waals surface area contributed by atoms with E-state index in [1.165, 1.54) is 0 Å².